The number of aromatic nitrogens is 2. The number of hydrogen-bond acceptors (Lipinski definition) is 3. The van der Waals surface area contributed by atoms with Crippen molar-refractivity contribution in [3.05, 3.63) is 17.5 Å². The average Bonchev–Trinajstić information content (AvgIpc) is 2.66. The zero-order valence-corrected chi connectivity index (χ0v) is 11.5. The van der Waals surface area contributed by atoms with E-state index in [1.54, 1.807) is 0 Å². The molecule has 0 saturated carbocycles. The minimum Gasteiger partial charge on any atom is -0.271 e. The van der Waals surface area contributed by atoms with E-state index in [0.29, 0.717) is 0 Å². The first kappa shape index (κ1) is 14.2. The van der Waals surface area contributed by atoms with Crippen LogP contribution < -0.4 is 11.3 Å². The zero-order valence-electron chi connectivity index (χ0n) is 11.5. The summed E-state index contributed by atoms with van der Waals surface area (Å²) in [5, 5.41) is 4.46. The highest BCUT2D eigenvalue weighted by Crippen LogP contribution is 2.20. The summed E-state index contributed by atoms with van der Waals surface area (Å²) < 4.78 is 1.94. The van der Waals surface area contributed by atoms with Crippen molar-refractivity contribution in [1.29, 1.82) is 0 Å². The van der Waals surface area contributed by atoms with Gasteiger partial charge in [0, 0.05) is 7.05 Å². The van der Waals surface area contributed by atoms with E-state index in [9.17, 15) is 0 Å². The smallest absolute Gasteiger partial charge is 0.0629 e. The summed E-state index contributed by atoms with van der Waals surface area (Å²) in [5.74, 6) is 6.41. The van der Waals surface area contributed by atoms with Crippen LogP contribution in [-0.4, -0.2) is 9.78 Å². The Labute approximate surface area is 105 Å². The van der Waals surface area contributed by atoms with Crippen LogP contribution in [0.15, 0.2) is 6.07 Å². The van der Waals surface area contributed by atoms with Crippen molar-refractivity contribution in [2.75, 3.05) is 0 Å². The van der Waals surface area contributed by atoms with E-state index in [4.69, 9.17) is 5.84 Å². The number of aryl methyl sites for hydroxylation is 2. The van der Waals surface area contributed by atoms with Crippen LogP contribution in [0.2, 0.25) is 0 Å². The van der Waals surface area contributed by atoms with Crippen molar-refractivity contribution >= 4 is 0 Å². The summed E-state index contributed by atoms with van der Waals surface area (Å²) >= 11 is 0. The van der Waals surface area contributed by atoms with Gasteiger partial charge in [0.15, 0.2) is 0 Å². The molecule has 1 aromatic heterocycles. The summed E-state index contributed by atoms with van der Waals surface area (Å²) in [4.78, 5) is 0. The standard InChI is InChI=1S/C13H26N4/c1-5-11-9-13(17(4)16-11)12(15-14)8-6-7-10(2)3/h9-10,12,15H,5-8,14H2,1-4H3. The third-order valence-corrected chi connectivity index (χ3v) is 3.16. The molecule has 1 heterocycles. The molecule has 0 aliphatic heterocycles. The van der Waals surface area contributed by atoms with Crippen LogP contribution in [0.3, 0.4) is 0 Å². The largest absolute Gasteiger partial charge is 0.271 e. The van der Waals surface area contributed by atoms with E-state index in [-0.39, 0.29) is 6.04 Å². The Morgan fingerprint density at radius 3 is 2.59 bits per heavy atom. The molecular formula is C13H26N4. The van der Waals surface area contributed by atoms with E-state index >= 15 is 0 Å². The van der Waals surface area contributed by atoms with E-state index in [0.717, 1.165) is 24.5 Å². The molecule has 0 spiro atoms. The van der Waals surface area contributed by atoms with Crippen molar-refractivity contribution in [3.8, 4) is 0 Å². The average molecular weight is 238 g/mol. The summed E-state index contributed by atoms with van der Waals surface area (Å²) in [6, 6.07) is 2.37. The Morgan fingerprint density at radius 2 is 2.12 bits per heavy atom. The number of hydrazine groups is 1. The molecule has 1 rings (SSSR count). The van der Waals surface area contributed by atoms with Crippen molar-refractivity contribution in [3.63, 3.8) is 0 Å². The molecule has 0 amide bonds. The second-order valence-electron chi connectivity index (χ2n) is 5.08. The van der Waals surface area contributed by atoms with Crippen LogP contribution >= 0.6 is 0 Å². The fourth-order valence-electron chi connectivity index (χ4n) is 2.09. The predicted octanol–water partition coefficient (Wildman–Crippen LogP) is 2.31. The van der Waals surface area contributed by atoms with Crippen LogP contribution in [0.4, 0.5) is 0 Å². The Balaban J connectivity index is 2.62. The topological polar surface area (TPSA) is 55.9 Å². The minimum atomic E-state index is 0.214. The summed E-state index contributed by atoms with van der Waals surface area (Å²) in [6.45, 7) is 6.63. The highest BCUT2D eigenvalue weighted by Gasteiger charge is 2.15. The van der Waals surface area contributed by atoms with Gasteiger partial charge in [-0.2, -0.15) is 5.10 Å². The number of nitrogens with two attached hydrogens (primary N) is 1. The van der Waals surface area contributed by atoms with E-state index < -0.39 is 0 Å². The molecule has 0 fully saturated rings. The van der Waals surface area contributed by atoms with Crippen molar-refractivity contribution in [1.82, 2.24) is 15.2 Å². The Morgan fingerprint density at radius 1 is 1.41 bits per heavy atom. The lowest BCUT2D eigenvalue weighted by atomic mass is 10.0. The normalized spacial score (nSPS) is 13.3. The highest BCUT2D eigenvalue weighted by molar-refractivity contribution is 5.14. The molecule has 98 valence electrons. The molecule has 0 radical (unpaired) electrons. The maximum absolute atomic E-state index is 5.65. The molecule has 0 saturated heterocycles. The van der Waals surface area contributed by atoms with Gasteiger partial charge in [0.25, 0.3) is 0 Å². The zero-order chi connectivity index (χ0) is 12.8. The van der Waals surface area contributed by atoms with Crippen LogP contribution in [0, 0.1) is 5.92 Å². The number of nitrogens with one attached hydrogen (secondary N) is 1. The number of nitrogens with zero attached hydrogens (tertiary/aromatic N) is 2. The lowest BCUT2D eigenvalue weighted by molar-refractivity contribution is 0.435. The third-order valence-electron chi connectivity index (χ3n) is 3.16. The summed E-state index contributed by atoms with van der Waals surface area (Å²) in [5.41, 5.74) is 5.23. The first-order chi connectivity index (χ1) is 8.08. The molecule has 1 unspecified atom stereocenters. The summed E-state index contributed by atoms with van der Waals surface area (Å²) in [7, 11) is 1.99. The van der Waals surface area contributed by atoms with Crippen LogP contribution in [0.1, 0.15) is 57.5 Å². The van der Waals surface area contributed by atoms with Gasteiger partial charge in [-0.25, -0.2) is 0 Å². The number of hydrogen-bond donors (Lipinski definition) is 2. The molecule has 0 aliphatic carbocycles. The molecule has 3 N–H and O–H groups in total. The Kier molecular flexibility index (Phi) is 5.65. The van der Waals surface area contributed by atoms with Crippen LogP contribution in [0.25, 0.3) is 0 Å². The van der Waals surface area contributed by atoms with Crippen molar-refractivity contribution in [2.45, 2.75) is 52.5 Å². The first-order valence-corrected chi connectivity index (χ1v) is 6.57. The SMILES string of the molecule is CCc1cc(C(CCCC(C)C)NN)n(C)n1. The van der Waals surface area contributed by atoms with Gasteiger partial charge in [0.05, 0.1) is 17.4 Å². The van der Waals surface area contributed by atoms with E-state index in [1.807, 2.05) is 11.7 Å². The molecule has 0 aromatic carbocycles. The third kappa shape index (κ3) is 4.13. The fourth-order valence-corrected chi connectivity index (χ4v) is 2.09. The minimum absolute atomic E-state index is 0.214. The van der Waals surface area contributed by atoms with E-state index in [1.165, 1.54) is 18.5 Å². The van der Waals surface area contributed by atoms with Gasteiger partial charge in [-0.3, -0.25) is 16.0 Å². The lowest BCUT2D eigenvalue weighted by Crippen LogP contribution is -2.29. The molecule has 17 heavy (non-hydrogen) atoms. The monoisotopic (exact) mass is 238 g/mol. The molecule has 4 nitrogen and oxygen atoms in total. The van der Waals surface area contributed by atoms with Gasteiger partial charge in [0.2, 0.25) is 0 Å². The quantitative estimate of drug-likeness (QED) is 0.566. The van der Waals surface area contributed by atoms with Gasteiger partial charge >= 0.3 is 0 Å². The number of rotatable bonds is 7. The second kappa shape index (κ2) is 6.77. The van der Waals surface area contributed by atoms with Gasteiger partial charge in [0.1, 0.15) is 0 Å². The van der Waals surface area contributed by atoms with E-state index in [2.05, 4.69) is 37.4 Å². The predicted molar refractivity (Wildman–Crippen MR) is 71.3 cm³/mol. The molecular weight excluding hydrogens is 212 g/mol. The molecule has 0 bridgehead atoms. The van der Waals surface area contributed by atoms with Gasteiger partial charge < -0.3 is 0 Å². The lowest BCUT2D eigenvalue weighted by Gasteiger charge is -2.16. The molecule has 4 heteroatoms. The maximum Gasteiger partial charge on any atom is 0.0629 e. The summed E-state index contributed by atoms with van der Waals surface area (Å²) in [6.07, 6.45) is 4.48. The Hall–Kier alpha value is -0.870. The van der Waals surface area contributed by atoms with Crippen LogP contribution in [0.5, 0.6) is 0 Å². The maximum atomic E-state index is 5.65. The van der Waals surface area contributed by atoms with Gasteiger partial charge in [-0.1, -0.05) is 33.6 Å². The Bertz CT molecular complexity index is 330. The fraction of sp³-hybridized carbons (Fsp3) is 0.769. The van der Waals surface area contributed by atoms with Gasteiger partial charge in [-0.15, -0.1) is 0 Å². The molecule has 0 aliphatic rings. The molecule has 1 aromatic rings. The van der Waals surface area contributed by atoms with Crippen LogP contribution in [-0.2, 0) is 13.5 Å². The second-order valence-corrected chi connectivity index (χ2v) is 5.08. The van der Waals surface area contributed by atoms with Gasteiger partial charge in [-0.05, 0) is 24.8 Å². The molecule has 1 atom stereocenters. The highest BCUT2D eigenvalue weighted by atomic mass is 15.3. The van der Waals surface area contributed by atoms with Crippen molar-refractivity contribution < 1.29 is 0 Å². The first-order valence-electron chi connectivity index (χ1n) is 6.57. The van der Waals surface area contributed by atoms with Crippen molar-refractivity contribution in [2.24, 2.45) is 18.8 Å².